The first-order chi connectivity index (χ1) is 11.9. The van der Waals surface area contributed by atoms with Crippen LogP contribution in [0.2, 0.25) is 0 Å². The molecule has 0 bridgehead atoms. The van der Waals surface area contributed by atoms with Gasteiger partial charge in [0.1, 0.15) is 5.60 Å². The van der Waals surface area contributed by atoms with Gasteiger partial charge in [0.15, 0.2) is 0 Å². The van der Waals surface area contributed by atoms with E-state index in [1.54, 1.807) is 29.7 Å². The normalized spacial score (nSPS) is 15.2. The molecule has 7 nitrogen and oxygen atoms in total. The molecule has 1 aliphatic rings. The fourth-order valence-corrected chi connectivity index (χ4v) is 2.58. The minimum absolute atomic E-state index is 0.264. The van der Waals surface area contributed by atoms with Crippen molar-refractivity contribution in [1.82, 2.24) is 19.9 Å². The van der Waals surface area contributed by atoms with Crippen molar-refractivity contribution in [2.45, 2.75) is 26.4 Å². The number of ether oxygens (including phenoxy) is 1. The third-order valence-corrected chi connectivity index (χ3v) is 3.85. The second-order valence-electron chi connectivity index (χ2n) is 6.97. The Morgan fingerprint density at radius 1 is 1.04 bits per heavy atom. The van der Waals surface area contributed by atoms with Crippen LogP contribution in [0.3, 0.4) is 0 Å². The van der Waals surface area contributed by atoms with Crippen LogP contribution in [0.4, 0.5) is 10.7 Å². The summed E-state index contributed by atoms with van der Waals surface area (Å²) in [6, 6.07) is 3.87. The molecule has 2 aromatic heterocycles. The number of hydrogen-bond acceptors (Lipinski definition) is 6. The number of pyridine rings is 1. The van der Waals surface area contributed by atoms with E-state index in [9.17, 15) is 4.79 Å². The summed E-state index contributed by atoms with van der Waals surface area (Å²) in [7, 11) is 0. The van der Waals surface area contributed by atoms with Crippen LogP contribution in [0.25, 0.3) is 11.1 Å². The monoisotopic (exact) mass is 341 g/mol. The second-order valence-corrected chi connectivity index (χ2v) is 6.97. The van der Waals surface area contributed by atoms with Crippen LogP contribution >= 0.6 is 0 Å². The van der Waals surface area contributed by atoms with Crippen LogP contribution in [-0.2, 0) is 4.74 Å². The second kappa shape index (κ2) is 7.04. The van der Waals surface area contributed by atoms with Gasteiger partial charge in [0.25, 0.3) is 0 Å². The lowest BCUT2D eigenvalue weighted by molar-refractivity contribution is 0.0240. The highest BCUT2D eigenvalue weighted by atomic mass is 16.6. The summed E-state index contributed by atoms with van der Waals surface area (Å²) in [6.07, 6.45) is 6.88. The number of hydrogen-bond donors (Lipinski definition) is 0. The zero-order chi connectivity index (χ0) is 17.9. The molecule has 2 aromatic rings. The smallest absolute Gasteiger partial charge is 0.410 e. The van der Waals surface area contributed by atoms with Gasteiger partial charge in [-0.2, -0.15) is 0 Å². The van der Waals surface area contributed by atoms with Crippen LogP contribution in [0.15, 0.2) is 36.9 Å². The van der Waals surface area contributed by atoms with Crippen molar-refractivity contribution in [3.8, 4) is 11.1 Å². The number of carbonyl (C=O) groups is 1. The molecular formula is C18H23N5O2. The third-order valence-electron chi connectivity index (χ3n) is 3.85. The molecule has 0 aliphatic carbocycles. The highest BCUT2D eigenvalue weighted by molar-refractivity contribution is 5.68. The summed E-state index contributed by atoms with van der Waals surface area (Å²) in [5.41, 5.74) is 1.45. The standard InChI is InChI=1S/C18H23N5O2/c1-18(2,3)25-17(24)23-9-7-22(8-10-23)16-20-12-15(13-21-16)14-5-4-6-19-11-14/h4-6,11-13H,7-10H2,1-3H3. The van der Waals surface area contributed by atoms with Crippen LogP contribution < -0.4 is 4.90 Å². The van der Waals surface area contributed by atoms with Gasteiger partial charge >= 0.3 is 6.09 Å². The highest BCUT2D eigenvalue weighted by Crippen LogP contribution is 2.19. The Labute approximate surface area is 147 Å². The predicted molar refractivity (Wildman–Crippen MR) is 95.3 cm³/mol. The Morgan fingerprint density at radius 2 is 1.72 bits per heavy atom. The number of carbonyl (C=O) groups excluding carboxylic acids is 1. The summed E-state index contributed by atoms with van der Waals surface area (Å²) >= 11 is 0. The summed E-state index contributed by atoms with van der Waals surface area (Å²) in [5, 5.41) is 0. The van der Waals surface area contributed by atoms with Gasteiger partial charge in [0.05, 0.1) is 0 Å². The van der Waals surface area contributed by atoms with Crippen molar-refractivity contribution >= 4 is 12.0 Å². The van der Waals surface area contributed by atoms with Gasteiger partial charge in [-0.3, -0.25) is 4.98 Å². The summed E-state index contributed by atoms with van der Waals surface area (Å²) in [4.78, 5) is 28.9. The van der Waals surface area contributed by atoms with Gasteiger partial charge in [-0.1, -0.05) is 6.07 Å². The van der Waals surface area contributed by atoms with Crippen LogP contribution in [0.5, 0.6) is 0 Å². The van der Waals surface area contributed by atoms with E-state index in [0.717, 1.165) is 11.1 Å². The fourth-order valence-electron chi connectivity index (χ4n) is 2.58. The molecule has 0 radical (unpaired) electrons. The zero-order valence-corrected chi connectivity index (χ0v) is 14.8. The average Bonchev–Trinajstić information content (AvgIpc) is 2.61. The Morgan fingerprint density at radius 3 is 2.28 bits per heavy atom. The molecule has 3 rings (SSSR count). The molecule has 132 valence electrons. The SMILES string of the molecule is CC(C)(C)OC(=O)N1CCN(c2ncc(-c3cccnc3)cn2)CC1. The molecule has 1 amide bonds. The van der Waals surface area contributed by atoms with Crippen LogP contribution in [-0.4, -0.2) is 57.7 Å². The number of anilines is 1. The molecule has 1 aliphatic heterocycles. The first kappa shape index (κ1) is 17.1. The molecular weight excluding hydrogens is 318 g/mol. The van der Waals surface area contributed by atoms with Crippen molar-refractivity contribution in [2.24, 2.45) is 0 Å². The van der Waals surface area contributed by atoms with Crippen molar-refractivity contribution in [3.05, 3.63) is 36.9 Å². The lowest BCUT2D eigenvalue weighted by Gasteiger charge is -2.35. The lowest BCUT2D eigenvalue weighted by atomic mass is 10.2. The number of nitrogens with zero attached hydrogens (tertiary/aromatic N) is 5. The minimum atomic E-state index is -0.473. The maximum Gasteiger partial charge on any atom is 0.410 e. The number of rotatable bonds is 2. The average molecular weight is 341 g/mol. The molecule has 0 spiro atoms. The van der Waals surface area contributed by atoms with Crippen molar-refractivity contribution in [1.29, 1.82) is 0 Å². The first-order valence-electron chi connectivity index (χ1n) is 8.38. The quantitative estimate of drug-likeness (QED) is 0.836. The van der Waals surface area contributed by atoms with Crippen LogP contribution in [0, 0.1) is 0 Å². The van der Waals surface area contributed by atoms with Gasteiger partial charge in [0, 0.05) is 62.1 Å². The fraction of sp³-hybridized carbons (Fsp3) is 0.444. The Kier molecular flexibility index (Phi) is 4.83. The summed E-state index contributed by atoms with van der Waals surface area (Å²) in [5.74, 6) is 0.677. The van der Waals surface area contributed by atoms with E-state index in [2.05, 4.69) is 19.9 Å². The molecule has 25 heavy (non-hydrogen) atoms. The molecule has 7 heteroatoms. The molecule has 0 aromatic carbocycles. The topological polar surface area (TPSA) is 71.5 Å². The number of aromatic nitrogens is 3. The zero-order valence-electron chi connectivity index (χ0n) is 14.8. The van der Waals surface area contributed by atoms with Crippen molar-refractivity contribution in [2.75, 3.05) is 31.1 Å². The first-order valence-corrected chi connectivity index (χ1v) is 8.38. The molecule has 1 fully saturated rings. The summed E-state index contributed by atoms with van der Waals surface area (Å²) < 4.78 is 5.41. The largest absolute Gasteiger partial charge is 0.444 e. The molecule has 3 heterocycles. The Hall–Kier alpha value is -2.70. The van der Waals surface area contributed by atoms with Gasteiger partial charge in [0.2, 0.25) is 5.95 Å². The van der Waals surface area contributed by atoms with Gasteiger partial charge in [-0.15, -0.1) is 0 Å². The molecule has 1 saturated heterocycles. The number of amides is 1. The van der Waals surface area contributed by atoms with E-state index < -0.39 is 5.60 Å². The van der Waals surface area contributed by atoms with E-state index in [1.165, 1.54) is 0 Å². The van der Waals surface area contributed by atoms with Gasteiger partial charge < -0.3 is 14.5 Å². The maximum absolute atomic E-state index is 12.1. The van der Waals surface area contributed by atoms with Gasteiger partial charge in [-0.05, 0) is 26.8 Å². The Balaban J connectivity index is 1.59. The van der Waals surface area contributed by atoms with Gasteiger partial charge in [-0.25, -0.2) is 14.8 Å². The van der Waals surface area contributed by atoms with Crippen molar-refractivity contribution in [3.63, 3.8) is 0 Å². The van der Waals surface area contributed by atoms with Crippen LogP contribution in [0.1, 0.15) is 20.8 Å². The minimum Gasteiger partial charge on any atom is -0.444 e. The lowest BCUT2D eigenvalue weighted by Crippen LogP contribution is -2.50. The summed E-state index contributed by atoms with van der Waals surface area (Å²) in [6.45, 7) is 8.19. The maximum atomic E-state index is 12.1. The molecule has 0 atom stereocenters. The molecule has 0 N–H and O–H groups in total. The Bertz CT molecular complexity index is 704. The highest BCUT2D eigenvalue weighted by Gasteiger charge is 2.26. The van der Waals surface area contributed by atoms with E-state index >= 15 is 0 Å². The third kappa shape index (κ3) is 4.43. The predicted octanol–water partition coefficient (Wildman–Crippen LogP) is 2.60. The molecule has 0 saturated carbocycles. The van der Waals surface area contributed by atoms with E-state index in [-0.39, 0.29) is 6.09 Å². The number of piperazine rings is 1. The van der Waals surface area contributed by atoms with E-state index in [0.29, 0.717) is 32.1 Å². The van der Waals surface area contributed by atoms with Crippen molar-refractivity contribution < 1.29 is 9.53 Å². The van der Waals surface area contributed by atoms with E-state index in [1.807, 2.05) is 32.9 Å². The molecule has 0 unspecified atom stereocenters. The van der Waals surface area contributed by atoms with E-state index in [4.69, 9.17) is 4.74 Å².